The third-order valence-corrected chi connectivity index (χ3v) is 2.65. The molecule has 4 nitrogen and oxygen atoms in total. The molecule has 0 heterocycles. The van der Waals surface area contributed by atoms with Gasteiger partial charge in [0.05, 0.1) is 0 Å². The molecule has 0 bridgehead atoms. The van der Waals surface area contributed by atoms with Crippen LogP contribution in [0.2, 0.25) is 0 Å². The third-order valence-electron chi connectivity index (χ3n) is 1.73. The number of amides is 1. The van der Waals surface area contributed by atoms with Gasteiger partial charge >= 0.3 is 5.97 Å². The van der Waals surface area contributed by atoms with Gasteiger partial charge in [0.2, 0.25) is 6.41 Å². The molecular weight excluding hydrogens is 214 g/mol. The Hall–Kier alpha value is -0.970. The molecule has 0 aliphatic carbocycles. The maximum Gasteiger partial charge on any atom is 0.326 e. The summed E-state index contributed by atoms with van der Waals surface area (Å²) in [6, 6.07) is -0.762. The number of hydrogen-bond acceptors (Lipinski definition) is 3. The van der Waals surface area contributed by atoms with Gasteiger partial charge in [0.1, 0.15) is 6.04 Å². The lowest BCUT2D eigenvalue weighted by atomic mass is 10.2. The van der Waals surface area contributed by atoms with Crippen molar-refractivity contribution in [2.24, 2.45) is 0 Å². The summed E-state index contributed by atoms with van der Waals surface area (Å²) in [7, 11) is 0. The molecule has 86 valence electrons. The molecule has 1 unspecified atom stereocenters. The van der Waals surface area contributed by atoms with Gasteiger partial charge in [0, 0.05) is 5.75 Å². The van der Waals surface area contributed by atoms with E-state index in [0.717, 1.165) is 11.5 Å². The first-order chi connectivity index (χ1) is 7.07. The maximum absolute atomic E-state index is 10.6. The van der Waals surface area contributed by atoms with Gasteiger partial charge in [0.15, 0.2) is 0 Å². The van der Waals surface area contributed by atoms with E-state index in [1.54, 1.807) is 11.8 Å². The summed E-state index contributed by atoms with van der Waals surface area (Å²) < 4.78 is 0. The number of rotatable bonds is 8. The lowest BCUT2D eigenvalue weighted by Crippen LogP contribution is -2.36. The molecule has 0 saturated carbocycles. The van der Waals surface area contributed by atoms with Crippen molar-refractivity contribution in [2.45, 2.75) is 26.3 Å². The highest BCUT2D eigenvalue weighted by Crippen LogP contribution is 2.06. The fourth-order valence-electron chi connectivity index (χ4n) is 0.870. The van der Waals surface area contributed by atoms with Crippen molar-refractivity contribution in [2.75, 3.05) is 11.5 Å². The minimum Gasteiger partial charge on any atom is -0.480 e. The van der Waals surface area contributed by atoms with E-state index < -0.39 is 12.0 Å². The molecule has 1 atom stereocenters. The highest BCUT2D eigenvalue weighted by atomic mass is 32.2. The van der Waals surface area contributed by atoms with E-state index in [2.05, 4.69) is 11.4 Å². The molecule has 1 amide bonds. The Morgan fingerprint density at radius 2 is 2.20 bits per heavy atom. The monoisotopic (exact) mass is 231 g/mol. The van der Waals surface area contributed by atoms with Crippen molar-refractivity contribution >= 4 is 24.1 Å². The van der Waals surface area contributed by atoms with Gasteiger partial charge in [-0.2, -0.15) is 11.8 Å². The van der Waals surface area contributed by atoms with Gasteiger partial charge in [-0.05, 0) is 26.0 Å². The number of aliphatic carboxylic acids is 1. The van der Waals surface area contributed by atoms with E-state index in [9.17, 15) is 9.59 Å². The number of carbonyl (C=O) groups is 2. The Morgan fingerprint density at radius 1 is 1.53 bits per heavy atom. The lowest BCUT2D eigenvalue weighted by molar-refractivity contribution is -0.140. The fourth-order valence-corrected chi connectivity index (χ4v) is 1.89. The van der Waals surface area contributed by atoms with Gasteiger partial charge in [-0.3, -0.25) is 4.79 Å². The number of carboxylic acid groups (broad SMARTS) is 1. The molecule has 0 aliphatic rings. The first kappa shape index (κ1) is 14.0. The summed E-state index contributed by atoms with van der Waals surface area (Å²) in [5.41, 5.74) is 1.25. The first-order valence-electron chi connectivity index (χ1n) is 4.71. The number of hydrogen-bond donors (Lipinski definition) is 2. The number of allylic oxidation sites excluding steroid dienone is 1. The summed E-state index contributed by atoms with van der Waals surface area (Å²) in [4.78, 5) is 20.7. The van der Waals surface area contributed by atoms with E-state index in [0.29, 0.717) is 12.8 Å². The van der Waals surface area contributed by atoms with Crippen LogP contribution in [-0.2, 0) is 9.59 Å². The van der Waals surface area contributed by atoms with Crippen molar-refractivity contribution in [1.29, 1.82) is 0 Å². The van der Waals surface area contributed by atoms with Gasteiger partial charge in [-0.25, -0.2) is 4.79 Å². The van der Waals surface area contributed by atoms with Crippen molar-refractivity contribution in [3.8, 4) is 0 Å². The maximum atomic E-state index is 10.6. The second-order valence-electron chi connectivity index (χ2n) is 3.32. The lowest BCUT2D eigenvalue weighted by Gasteiger charge is -2.09. The number of carbonyl (C=O) groups excluding carboxylic acids is 1. The standard InChI is InChI=1S/C10H17NO3S/c1-8(2)3-5-15-6-4-9(10(13)14)11-7-12/h3,7,9H,4-6H2,1-2H3,(H,11,12)(H,13,14). The van der Waals surface area contributed by atoms with Gasteiger partial charge in [-0.1, -0.05) is 11.6 Å². The number of nitrogens with one attached hydrogen (secondary N) is 1. The average Bonchev–Trinajstić information content (AvgIpc) is 2.15. The van der Waals surface area contributed by atoms with Crippen LogP contribution in [0.1, 0.15) is 20.3 Å². The zero-order valence-corrected chi connectivity index (χ0v) is 9.84. The number of thioether (sulfide) groups is 1. The van der Waals surface area contributed by atoms with Gasteiger partial charge in [-0.15, -0.1) is 0 Å². The van der Waals surface area contributed by atoms with Crippen molar-refractivity contribution in [1.82, 2.24) is 5.32 Å². The second kappa shape index (κ2) is 8.35. The smallest absolute Gasteiger partial charge is 0.326 e. The fraction of sp³-hybridized carbons (Fsp3) is 0.600. The quantitative estimate of drug-likeness (QED) is 0.375. The molecule has 0 aromatic carbocycles. The second-order valence-corrected chi connectivity index (χ2v) is 4.47. The summed E-state index contributed by atoms with van der Waals surface area (Å²) in [5.74, 6) is 0.627. The Morgan fingerprint density at radius 3 is 2.67 bits per heavy atom. The molecule has 0 rings (SSSR count). The van der Waals surface area contributed by atoms with E-state index in [4.69, 9.17) is 5.11 Å². The minimum atomic E-state index is -0.982. The minimum absolute atomic E-state index is 0.430. The molecule has 0 radical (unpaired) electrons. The van der Waals surface area contributed by atoms with Crippen molar-refractivity contribution < 1.29 is 14.7 Å². The summed E-state index contributed by atoms with van der Waals surface area (Å²) in [6.07, 6.45) is 2.97. The first-order valence-corrected chi connectivity index (χ1v) is 5.87. The van der Waals surface area contributed by atoms with Gasteiger partial charge in [0.25, 0.3) is 0 Å². The SMILES string of the molecule is CC(C)=CCSCCC(NC=O)C(=O)O. The highest BCUT2D eigenvalue weighted by Gasteiger charge is 2.14. The Balaban J connectivity index is 3.67. The number of carboxylic acids is 1. The summed E-state index contributed by atoms with van der Waals surface area (Å²) in [5, 5.41) is 11.0. The highest BCUT2D eigenvalue weighted by molar-refractivity contribution is 7.99. The zero-order valence-electron chi connectivity index (χ0n) is 9.03. The topological polar surface area (TPSA) is 66.4 Å². The van der Waals surface area contributed by atoms with Crippen LogP contribution in [0.4, 0.5) is 0 Å². The van der Waals surface area contributed by atoms with Crippen LogP contribution in [0.3, 0.4) is 0 Å². The van der Waals surface area contributed by atoms with Crippen LogP contribution in [0.5, 0.6) is 0 Å². The predicted octanol–water partition coefficient (Wildman–Crippen LogP) is 1.28. The van der Waals surface area contributed by atoms with Crippen LogP contribution in [0.25, 0.3) is 0 Å². The van der Waals surface area contributed by atoms with Crippen LogP contribution >= 0.6 is 11.8 Å². The molecule has 0 spiro atoms. The Labute approximate surface area is 94.1 Å². The van der Waals surface area contributed by atoms with Crippen LogP contribution in [0.15, 0.2) is 11.6 Å². The third kappa shape index (κ3) is 8.05. The summed E-state index contributed by atoms with van der Waals surface area (Å²) >= 11 is 1.66. The van der Waals surface area contributed by atoms with Crippen LogP contribution in [-0.4, -0.2) is 35.0 Å². The molecule has 0 aliphatic heterocycles. The van der Waals surface area contributed by atoms with Crippen LogP contribution < -0.4 is 5.32 Å². The normalized spacial score (nSPS) is 11.6. The molecule has 0 aromatic heterocycles. The molecule has 5 heteroatoms. The molecule has 2 N–H and O–H groups in total. The largest absolute Gasteiger partial charge is 0.480 e. The van der Waals surface area contributed by atoms with E-state index in [1.807, 2.05) is 13.8 Å². The Bertz CT molecular complexity index is 237. The molecule has 0 saturated heterocycles. The van der Waals surface area contributed by atoms with E-state index in [-0.39, 0.29) is 0 Å². The summed E-state index contributed by atoms with van der Waals surface area (Å²) in [6.45, 7) is 4.04. The Kier molecular flexibility index (Phi) is 7.81. The molecular formula is C10H17NO3S. The van der Waals surface area contributed by atoms with E-state index >= 15 is 0 Å². The molecule has 15 heavy (non-hydrogen) atoms. The molecule has 0 aromatic rings. The van der Waals surface area contributed by atoms with Crippen molar-refractivity contribution in [3.63, 3.8) is 0 Å². The zero-order chi connectivity index (χ0) is 11.7. The van der Waals surface area contributed by atoms with Crippen molar-refractivity contribution in [3.05, 3.63) is 11.6 Å². The molecule has 0 fully saturated rings. The van der Waals surface area contributed by atoms with Gasteiger partial charge < -0.3 is 10.4 Å². The van der Waals surface area contributed by atoms with Crippen LogP contribution in [0, 0.1) is 0 Å². The predicted molar refractivity (Wildman–Crippen MR) is 62.0 cm³/mol. The average molecular weight is 231 g/mol. The van der Waals surface area contributed by atoms with E-state index in [1.165, 1.54) is 5.57 Å².